The van der Waals surface area contributed by atoms with Crippen LogP contribution in [0.1, 0.15) is 27.8 Å². The van der Waals surface area contributed by atoms with Gasteiger partial charge in [0.15, 0.2) is 5.78 Å². The first-order valence-electron chi connectivity index (χ1n) is 16.5. The highest BCUT2D eigenvalue weighted by Crippen LogP contribution is 2.74. The fourth-order valence-corrected chi connectivity index (χ4v) is 8.85. The number of methoxy groups -OCH3 is 2. The Balaban J connectivity index is 1.54. The minimum absolute atomic E-state index is 0.120. The van der Waals surface area contributed by atoms with Crippen molar-refractivity contribution in [2.75, 3.05) is 19.1 Å². The molecular weight excluding hydrogens is 644 g/mol. The van der Waals surface area contributed by atoms with Gasteiger partial charge in [0.05, 0.1) is 41.8 Å². The summed E-state index contributed by atoms with van der Waals surface area (Å²) in [4.78, 5) is 59.3. The molecule has 1 saturated carbocycles. The molecule has 2 aliphatic carbocycles. The lowest BCUT2D eigenvalue weighted by Gasteiger charge is -2.39. The summed E-state index contributed by atoms with van der Waals surface area (Å²) in [6.45, 7) is 1.71. The van der Waals surface area contributed by atoms with Gasteiger partial charge in [-0.2, -0.15) is 0 Å². The number of allylic oxidation sites excluding steroid dienone is 2. The Labute approximate surface area is 293 Å². The lowest BCUT2D eigenvalue weighted by molar-refractivity contribution is -0.384. The van der Waals surface area contributed by atoms with Crippen LogP contribution in [0.15, 0.2) is 127 Å². The maximum atomic E-state index is 16.1. The molecule has 2 bridgehead atoms. The lowest BCUT2D eigenvalue weighted by Crippen LogP contribution is -2.45. The van der Waals surface area contributed by atoms with Crippen LogP contribution in [0.3, 0.4) is 0 Å². The Kier molecular flexibility index (Phi) is 7.27. The number of carbonyl (C=O) groups excluding carboxylic acids is 3. The van der Waals surface area contributed by atoms with Crippen molar-refractivity contribution in [2.45, 2.75) is 17.8 Å². The molecule has 2 fully saturated rings. The lowest BCUT2D eigenvalue weighted by atomic mass is 9.59. The maximum Gasteiger partial charge on any atom is 0.293 e. The van der Waals surface area contributed by atoms with Gasteiger partial charge >= 0.3 is 0 Å². The smallest absolute Gasteiger partial charge is 0.293 e. The van der Waals surface area contributed by atoms with Gasteiger partial charge in [-0.05, 0) is 76.2 Å². The van der Waals surface area contributed by atoms with E-state index in [0.29, 0.717) is 50.5 Å². The number of carbonyl (C=O) groups is 3. The van der Waals surface area contributed by atoms with Crippen LogP contribution >= 0.6 is 0 Å². The number of ketones is 1. The Bertz CT molecular complexity index is 2160. The summed E-state index contributed by atoms with van der Waals surface area (Å²) in [5, 5.41) is 12.4. The molecule has 0 aromatic heterocycles. The molecule has 0 radical (unpaired) electrons. The third-order valence-corrected chi connectivity index (χ3v) is 10.8. The van der Waals surface area contributed by atoms with Crippen LogP contribution in [-0.2, 0) is 25.2 Å². The molecule has 4 atom stereocenters. The molecule has 5 aromatic carbocycles. The van der Waals surface area contributed by atoms with Crippen molar-refractivity contribution < 1.29 is 28.8 Å². The number of nitrogens with zero attached hydrogens (tertiary/aromatic N) is 2. The zero-order chi connectivity index (χ0) is 35.7. The molecule has 0 spiro atoms. The van der Waals surface area contributed by atoms with E-state index < -0.39 is 39.4 Å². The standard InChI is InChI=1S/C42H32N2O7/c1-25-14-23-32(33(24-25)44(48)49)43-38(45)36-37(39(43)46)42(29-12-8-5-9-13-29)35(27-17-21-31(51-3)22-18-27)34(26-15-19-30(50-2)20-16-26)41(36,40(42)47)28-10-6-4-7-11-28/h4-24,36-37H,1-3H3/t36-,37+,41-,42-/m1/s1. The molecule has 1 saturated heterocycles. The minimum Gasteiger partial charge on any atom is -0.497 e. The number of nitro benzene ring substituents is 1. The molecule has 3 aliphatic rings. The summed E-state index contributed by atoms with van der Waals surface area (Å²) in [6.07, 6.45) is 0. The van der Waals surface area contributed by atoms with Gasteiger partial charge in [-0.3, -0.25) is 24.5 Å². The van der Waals surface area contributed by atoms with Crippen LogP contribution in [0, 0.1) is 28.9 Å². The van der Waals surface area contributed by atoms with Gasteiger partial charge < -0.3 is 9.47 Å². The molecule has 2 amide bonds. The summed E-state index contributed by atoms with van der Waals surface area (Å²) < 4.78 is 11.0. The second kappa shape index (κ2) is 11.6. The van der Waals surface area contributed by atoms with E-state index >= 15 is 14.4 Å². The number of fused-ring (bicyclic) bond motifs is 5. The first kappa shape index (κ1) is 31.9. The van der Waals surface area contributed by atoms with Gasteiger partial charge in [-0.15, -0.1) is 0 Å². The van der Waals surface area contributed by atoms with E-state index in [1.165, 1.54) is 12.1 Å². The highest BCUT2D eigenvalue weighted by atomic mass is 16.6. The molecule has 51 heavy (non-hydrogen) atoms. The Hall–Kier alpha value is -6.35. The van der Waals surface area contributed by atoms with Crippen molar-refractivity contribution in [2.24, 2.45) is 11.8 Å². The van der Waals surface area contributed by atoms with Crippen LogP contribution in [0.5, 0.6) is 11.5 Å². The number of hydrogen-bond acceptors (Lipinski definition) is 7. The Morgan fingerprint density at radius 1 is 0.627 bits per heavy atom. The first-order valence-corrected chi connectivity index (χ1v) is 16.5. The van der Waals surface area contributed by atoms with Crippen LogP contribution < -0.4 is 14.4 Å². The summed E-state index contributed by atoms with van der Waals surface area (Å²) in [6, 6.07) is 37.4. The van der Waals surface area contributed by atoms with Crippen molar-refractivity contribution in [3.63, 3.8) is 0 Å². The highest BCUT2D eigenvalue weighted by molar-refractivity contribution is 6.39. The number of imide groups is 1. The van der Waals surface area contributed by atoms with E-state index in [9.17, 15) is 10.1 Å². The molecule has 0 N–H and O–H groups in total. The van der Waals surface area contributed by atoms with Gasteiger partial charge in [-0.1, -0.05) is 91.0 Å². The number of hydrogen-bond donors (Lipinski definition) is 0. The number of benzene rings is 5. The van der Waals surface area contributed by atoms with E-state index in [4.69, 9.17) is 9.47 Å². The SMILES string of the molecule is COc1ccc(C2=C(c3ccc(OC)cc3)[C@@]3(c4ccccc4)C(=O)[C@@]2(c2ccccc2)[C@@H]2C(=O)N(c4ccc(C)cc4[N+](=O)[O-])C(=O)[C@@H]23)cc1. The fourth-order valence-electron chi connectivity index (χ4n) is 8.85. The second-order valence-electron chi connectivity index (χ2n) is 13.1. The average molecular weight is 677 g/mol. The van der Waals surface area contributed by atoms with Crippen molar-refractivity contribution in [1.29, 1.82) is 0 Å². The van der Waals surface area contributed by atoms with Gasteiger partial charge in [0, 0.05) is 6.07 Å². The molecule has 5 aromatic rings. The monoisotopic (exact) mass is 676 g/mol. The minimum atomic E-state index is -1.66. The topological polar surface area (TPSA) is 116 Å². The van der Waals surface area contributed by atoms with Crippen LogP contribution in [0.4, 0.5) is 11.4 Å². The molecule has 1 aliphatic heterocycles. The third kappa shape index (κ3) is 4.18. The number of ether oxygens (including phenoxy) is 2. The molecule has 0 unspecified atom stereocenters. The van der Waals surface area contributed by atoms with Gasteiger partial charge in [-0.25, -0.2) is 4.90 Å². The normalized spacial score (nSPS) is 23.5. The van der Waals surface area contributed by atoms with E-state index in [2.05, 4.69) is 0 Å². The van der Waals surface area contributed by atoms with Gasteiger partial charge in [0.2, 0.25) is 11.8 Å². The molecule has 8 rings (SSSR count). The van der Waals surface area contributed by atoms with Crippen LogP contribution in [0.2, 0.25) is 0 Å². The summed E-state index contributed by atoms with van der Waals surface area (Å²) in [5.74, 6) is -2.85. The highest BCUT2D eigenvalue weighted by Gasteiger charge is 2.83. The van der Waals surface area contributed by atoms with E-state index in [1.807, 2.05) is 84.9 Å². The maximum absolute atomic E-state index is 16.1. The number of rotatable bonds is 8. The molecular formula is C42H32N2O7. The summed E-state index contributed by atoms with van der Waals surface area (Å²) in [5.41, 5.74) is 0.450. The molecule has 252 valence electrons. The molecule has 1 heterocycles. The van der Waals surface area contributed by atoms with Gasteiger partial charge in [0.1, 0.15) is 17.2 Å². The zero-order valence-corrected chi connectivity index (χ0v) is 28.0. The molecule has 9 heteroatoms. The number of aryl methyl sites for hydroxylation is 1. The van der Waals surface area contributed by atoms with Gasteiger partial charge in [0.25, 0.3) is 5.69 Å². The average Bonchev–Trinajstić information content (AvgIpc) is 3.67. The van der Waals surface area contributed by atoms with E-state index in [-0.39, 0.29) is 17.2 Å². The van der Waals surface area contributed by atoms with Crippen molar-refractivity contribution in [3.05, 3.63) is 165 Å². The fraction of sp³-hybridized carbons (Fsp3) is 0.167. The van der Waals surface area contributed by atoms with Crippen molar-refractivity contribution >= 4 is 40.1 Å². The van der Waals surface area contributed by atoms with Crippen LogP contribution in [-0.4, -0.2) is 36.7 Å². The van der Waals surface area contributed by atoms with E-state index in [0.717, 1.165) is 4.90 Å². The Morgan fingerprint density at radius 2 is 1.06 bits per heavy atom. The Morgan fingerprint density at radius 3 is 1.45 bits per heavy atom. The van der Waals surface area contributed by atoms with Crippen LogP contribution in [0.25, 0.3) is 11.1 Å². The predicted octanol–water partition coefficient (Wildman–Crippen LogP) is 7.11. The summed E-state index contributed by atoms with van der Waals surface area (Å²) in [7, 11) is 3.14. The largest absolute Gasteiger partial charge is 0.497 e. The number of nitro groups is 1. The number of Topliss-reactive ketones (excluding diaryl/α,β-unsaturated/α-hetero) is 1. The molecule has 9 nitrogen and oxygen atoms in total. The van der Waals surface area contributed by atoms with Crippen molar-refractivity contribution in [1.82, 2.24) is 0 Å². The number of anilines is 1. The quantitative estimate of drug-likeness (QED) is 0.0977. The summed E-state index contributed by atoms with van der Waals surface area (Å²) >= 11 is 0. The zero-order valence-electron chi connectivity index (χ0n) is 28.0. The second-order valence-corrected chi connectivity index (χ2v) is 13.1. The predicted molar refractivity (Wildman–Crippen MR) is 191 cm³/mol. The van der Waals surface area contributed by atoms with E-state index in [1.54, 1.807) is 51.5 Å². The first-order chi connectivity index (χ1) is 24.7. The number of amides is 2. The third-order valence-electron chi connectivity index (χ3n) is 10.8. The van der Waals surface area contributed by atoms with Crippen molar-refractivity contribution in [3.8, 4) is 11.5 Å².